The number of benzene rings is 1. The minimum absolute atomic E-state index is 0.0213. The standard InChI is InChI=1S/C14H17NO3/c1-2-13-15-11(10-6-4-3-5-7-10)8-18-14(16)12(15)9-17-13/h3-7,11-13H,2,8-9H2,1H3/t11-,12+,13+/m1/s1. The van der Waals surface area contributed by atoms with E-state index in [-0.39, 0.29) is 24.3 Å². The van der Waals surface area contributed by atoms with Crippen molar-refractivity contribution in [3.8, 4) is 0 Å². The maximum Gasteiger partial charge on any atom is 0.325 e. The average molecular weight is 247 g/mol. The van der Waals surface area contributed by atoms with E-state index in [2.05, 4.69) is 24.0 Å². The Bertz CT molecular complexity index is 434. The summed E-state index contributed by atoms with van der Waals surface area (Å²) in [6.45, 7) is 2.94. The van der Waals surface area contributed by atoms with Gasteiger partial charge in [-0.05, 0) is 12.0 Å². The minimum atomic E-state index is -0.242. The number of esters is 1. The largest absolute Gasteiger partial charge is 0.462 e. The van der Waals surface area contributed by atoms with Crippen LogP contribution in [-0.4, -0.2) is 36.4 Å². The Labute approximate surface area is 106 Å². The Morgan fingerprint density at radius 2 is 2.00 bits per heavy atom. The van der Waals surface area contributed by atoms with Gasteiger partial charge in [0.25, 0.3) is 0 Å². The zero-order valence-electron chi connectivity index (χ0n) is 10.4. The molecule has 0 saturated carbocycles. The van der Waals surface area contributed by atoms with Crippen molar-refractivity contribution in [2.75, 3.05) is 13.2 Å². The van der Waals surface area contributed by atoms with E-state index in [0.29, 0.717) is 13.2 Å². The van der Waals surface area contributed by atoms with Crippen molar-refractivity contribution in [2.24, 2.45) is 0 Å². The molecule has 96 valence electrons. The van der Waals surface area contributed by atoms with Gasteiger partial charge in [0.05, 0.1) is 12.6 Å². The molecule has 0 amide bonds. The van der Waals surface area contributed by atoms with Crippen molar-refractivity contribution < 1.29 is 14.3 Å². The number of rotatable bonds is 2. The van der Waals surface area contributed by atoms with Crippen LogP contribution >= 0.6 is 0 Å². The molecule has 1 aromatic rings. The molecule has 0 aromatic heterocycles. The smallest absolute Gasteiger partial charge is 0.325 e. The highest BCUT2D eigenvalue weighted by Gasteiger charge is 2.46. The van der Waals surface area contributed by atoms with Crippen molar-refractivity contribution in [2.45, 2.75) is 31.7 Å². The predicted molar refractivity (Wildman–Crippen MR) is 65.8 cm³/mol. The lowest BCUT2D eigenvalue weighted by molar-refractivity contribution is -0.162. The molecule has 0 N–H and O–H groups in total. The van der Waals surface area contributed by atoms with E-state index in [1.54, 1.807) is 0 Å². The van der Waals surface area contributed by atoms with Gasteiger partial charge in [-0.25, -0.2) is 0 Å². The number of fused-ring (bicyclic) bond motifs is 1. The van der Waals surface area contributed by atoms with Gasteiger partial charge in [0, 0.05) is 0 Å². The maximum absolute atomic E-state index is 11.8. The van der Waals surface area contributed by atoms with E-state index in [9.17, 15) is 4.79 Å². The number of morpholine rings is 1. The number of cyclic esters (lactones) is 1. The second kappa shape index (κ2) is 4.71. The van der Waals surface area contributed by atoms with Gasteiger partial charge in [-0.1, -0.05) is 37.3 Å². The molecule has 2 aliphatic rings. The highest BCUT2D eigenvalue weighted by molar-refractivity contribution is 5.77. The summed E-state index contributed by atoms with van der Waals surface area (Å²) in [7, 11) is 0. The molecule has 2 heterocycles. The van der Waals surface area contributed by atoms with Crippen molar-refractivity contribution >= 4 is 5.97 Å². The topological polar surface area (TPSA) is 38.8 Å². The number of hydrogen-bond donors (Lipinski definition) is 0. The van der Waals surface area contributed by atoms with Crippen LogP contribution in [0.4, 0.5) is 0 Å². The first-order chi connectivity index (χ1) is 8.81. The summed E-state index contributed by atoms with van der Waals surface area (Å²) in [5.74, 6) is -0.155. The molecule has 3 rings (SSSR count). The van der Waals surface area contributed by atoms with Gasteiger partial charge in [-0.3, -0.25) is 9.69 Å². The van der Waals surface area contributed by atoms with Gasteiger partial charge in [-0.2, -0.15) is 0 Å². The van der Waals surface area contributed by atoms with Gasteiger partial charge >= 0.3 is 5.97 Å². The van der Waals surface area contributed by atoms with E-state index in [1.165, 1.54) is 5.56 Å². The Morgan fingerprint density at radius 1 is 1.22 bits per heavy atom. The third-order valence-corrected chi connectivity index (χ3v) is 3.69. The van der Waals surface area contributed by atoms with Gasteiger partial charge in [0.1, 0.15) is 18.9 Å². The number of hydrogen-bond acceptors (Lipinski definition) is 4. The first-order valence-electron chi connectivity index (χ1n) is 6.42. The van der Waals surface area contributed by atoms with Crippen LogP contribution in [0.1, 0.15) is 24.9 Å². The van der Waals surface area contributed by atoms with Gasteiger partial charge < -0.3 is 9.47 Å². The number of carbonyl (C=O) groups excluding carboxylic acids is 1. The number of carbonyl (C=O) groups is 1. The third-order valence-electron chi connectivity index (χ3n) is 3.69. The van der Waals surface area contributed by atoms with Crippen LogP contribution in [0.5, 0.6) is 0 Å². The van der Waals surface area contributed by atoms with Crippen LogP contribution in [0.2, 0.25) is 0 Å². The molecule has 1 aromatic carbocycles. The van der Waals surface area contributed by atoms with Gasteiger partial charge in [-0.15, -0.1) is 0 Å². The molecule has 4 heteroatoms. The highest BCUT2D eigenvalue weighted by Crippen LogP contribution is 2.35. The second-order valence-electron chi connectivity index (χ2n) is 4.72. The molecular formula is C14H17NO3. The quantitative estimate of drug-likeness (QED) is 0.746. The fourth-order valence-corrected chi connectivity index (χ4v) is 2.80. The average Bonchev–Trinajstić information content (AvgIpc) is 2.85. The third kappa shape index (κ3) is 1.82. The van der Waals surface area contributed by atoms with Crippen LogP contribution in [0.25, 0.3) is 0 Å². The highest BCUT2D eigenvalue weighted by atomic mass is 16.6. The van der Waals surface area contributed by atoms with Crippen molar-refractivity contribution in [3.05, 3.63) is 35.9 Å². The molecule has 18 heavy (non-hydrogen) atoms. The van der Waals surface area contributed by atoms with Crippen LogP contribution in [0, 0.1) is 0 Å². The van der Waals surface area contributed by atoms with E-state index in [4.69, 9.17) is 9.47 Å². The van der Waals surface area contributed by atoms with Crippen LogP contribution < -0.4 is 0 Å². The summed E-state index contributed by atoms with van der Waals surface area (Å²) in [5, 5.41) is 0. The van der Waals surface area contributed by atoms with E-state index in [0.717, 1.165) is 6.42 Å². The molecule has 0 radical (unpaired) electrons. The zero-order valence-corrected chi connectivity index (χ0v) is 10.4. The molecule has 2 fully saturated rings. The van der Waals surface area contributed by atoms with Crippen molar-refractivity contribution in [1.82, 2.24) is 4.90 Å². The first kappa shape index (κ1) is 11.7. The molecular weight excluding hydrogens is 230 g/mol. The lowest BCUT2D eigenvalue weighted by atomic mass is 10.0. The molecule has 0 bridgehead atoms. The lowest BCUT2D eigenvalue weighted by Crippen LogP contribution is -2.50. The molecule has 0 unspecified atom stereocenters. The fraction of sp³-hybridized carbons (Fsp3) is 0.500. The van der Waals surface area contributed by atoms with Gasteiger partial charge in [0.2, 0.25) is 0 Å². The zero-order chi connectivity index (χ0) is 12.5. The Kier molecular flexibility index (Phi) is 3.06. The molecule has 2 saturated heterocycles. The van der Waals surface area contributed by atoms with E-state index >= 15 is 0 Å². The minimum Gasteiger partial charge on any atom is -0.462 e. The molecule has 4 nitrogen and oxygen atoms in total. The Balaban J connectivity index is 1.92. The maximum atomic E-state index is 11.8. The normalized spacial score (nSPS) is 32.1. The summed E-state index contributed by atoms with van der Waals surface area (Å²) >= 11 is 0. The second-order valence-corrected chi connectivity index (χ2v) is 4.72. The summed E-state index contributed by atoms with van der Waals surface area (Å²) in [4.78, 5) is 13.9. The van der Waals surface area contributed by atoms with Gasteiger partial charge in [0.15, 0.2) is 0 Å². The molecule has 3 atom stereocenters. The fourth-order valence-electron chi connectivity index (χ4n) is 2.80. The van der Waals surface area contributed by atoms with E-state index in [1.807, 2.05) is 18.2 Å². The summed E-state index contributed by atoms with van der Waals surface area (Å²) < 4.78 is 11.0. The van der Waals surface area contributed by atoms with Crippen molar-refractivity contribution in [3.63, 3.8) is 0 Å². The number of ether oxygens (including phenoxy) is 2. The number of nitrogens with zero attached hydrogens (tertiary/aromatic N) is 1. The predicted octanol–water partition coefficient (Wildman–Crippen LogP) is 1.72. The van der Waals surface area contributed by atoms with E-state index < -0.39 is 0 Å². The molecule has 0 aliphatic carbocycles. The van der Waals surface area contributed by atoms with Crippen LogP contribution in [-0.2, 0) is 14.3 Å². The monoisotopic (exact) mass is 247 g/mol. The summed E-state index contributed by atoms with van der Waals surface area (Å²) in [5.41, 5.74) is 1.18. The SMILES string of the molecule is CC[C@@H]1OC[C@H]2C(=O)OC[C@H](c3ccccc3)N12. The Morgan fingerprint density at radius 3 is 2.72 bits per heavy atom. The van der Waals surface area contributed by atoms with Crippen molar-refractivity contribution in [1.29, 1.82) is 0 Å². The summed E-state index contributed by atoms with van der Waals surface area (Å²) in [6, 6.07) is 10.0. The lowest BCUT2D eigenvalue weighted by Gasteiger charge is -2.38. The summed E-state index contributed by atoms with van der Waals surface area (Å²) in [6.07, 6.45) is 0.903. The van der Waals surface area contributed by atoms with Crippen LogP contribution in [0.3, 0.4) is 0 Å². The molecule has 0 spiro atoms. The Hall–Kier alpha value is -1.39. The van der Waals surface area contributed by atoms with Crippen LogP contribution in [0.15, 0.2) is 30.3 Å². The first-order valence-corrected chi connectivity index (χ1v) is 6.42. The molecule has 2 aliphatic heterocycles.